The topological polar surface area (TPSA) is 3.24 Å². The molecule has 1 nitrogen and oxygen atoms in total. The lowest BCUT2D eigenvalue weighted by molar-refractivity contribution is 0.504. The molecule has 9 aromatic carbocycles. The number of hydrogen-bond acceptors (Lipinski definition) is 1. The summed E-state index contributed by atoms with van der Waals surface area (Å²) in [5.41, 5.74) is 21.0. The molecular formula is C64H49N. The summed E-state index contributed by atoms with van der Waals surface area (Å²) in [7, 11) is 0. The van der Waals surface area contributed by atoms with E-state index in [0.717, 1.165) is 17.1 Å². The van der Waals surface area contributed by atoms with Crippen molar-refractivity contribution in [3.05, 3.63) is 258 Å². The Kier molecular flexibility index (Phi) is 9.11. The summed E-state index contributed by atoms with van der Waals surface area (Å²) in [5, 5.41) is 2.47. The van der Waals surface area contributed by atoms with E-state index in [2.05, 4.69) is 262 Å². The fraction of sp³-hybridized carbons (Fsp3) is 0.0938. The van der Waals surface area contributed by atoms with Gasteiger partial charge in [-0.25, -0.2) is 0 Å². The minimum atomic E-state index is -0.254. The van der Waals surface area contributed by atoms with Crippen molar-refractivity contribution in [3.8, 4) is 44.5 Å². The maximum atomic E-state index is 2.52. The Hall–Kier alpha value is -7.74. The first-order valence-electron chi connectivity index (χ1n) is 23.0. The molecule has 0 heterocycles. The first-order chi connectivity index (χ1) is 31.9. The molecule has 1 heteroatoms. The highest BCUT2D eigenvalue weighted by Gasteiger charge is 2.41. The average Bonchev–Trinajstić information content (AvgIpc) is 3.59. The van der Waals surface area contributed by atoms with Gasteiger partial charge in [-0.15, -0.1) is 0 Å². The molecule has 0 amide bonds. The van der Waals surface area contributed by atoms with E-state index < -0.39 is 0 Å². The van der Waals surface area contributed by atoms with Crippen LogP contribution in [0.25, 0.3) is 66.9 Å². The van der Waals surface area contributed by atoms with Gasteiger partial charge < -0.3 is 4.90 Å². The fourth-order valence-corrected chi connectivity index (χ4v) is 11.3. The van der Waals surface area contributed by atoms with E-state index in [4.69, 9.17) is 0 Å². The number of rotatable bonds is 7. The number of hydrogen-bond donors (Lipinski definition) is 0. The molecule has 2 atom stereocenters. The van der Waals surface area contributed by atoms with Gasteiger partial charge in [0.2, 0.25) is 0 Å². The van der Waals surface area contributed by atoms with Crippen molar-refractivity contribution < 1.29 is 0 Å². The molecular weight excluding hydrogens is 783 g/mol. The lowest BCUT2D eigenvalue weighted by Gasteiger charge is -2.43. The summed E-state index contributed by atoms with van der Waals surface area (Å²) in [6.45, 7) is 7.14. The van der Waals surface area contributed by atoms with Gasteiger partial charge in [-0.3, -0.25) is 0 Å². The molecule has 0 aliphatic heterocycles. The smallest absolute Gasteiger partial charge is 0.0540 e. The lowest BCUT2D eigenvalue weighted by Crippen LogP contribution is -2.29. The summed E-state index contributed by atoms with van der Waals surface area (Å²) >= 11 is 0. The highest BCUT2D eigenvalue weighted by Crippen LogP contribution is 2.57. The van der Waals surface area contributed by atoms with Crippen LogP contribution in [0.3, 0.4) is 0 Å². The van der Waals surface area contributed by atoms with Crippen molar-refractivity contribution in [2.24, 2.45) is 5.41 Å². The number of nitrogens with zero attached hydrogens (tertiary/aromatic N) is 1. The zero-order valence-electron chi connectivity index (χ0n) is 37.0. The average molecular weight is 832 g/mol. The number of anilines is 3. The van der Waals surface area contributed by atoms with E-state index in [1.54, 1.807) is 0 Å². The van der Waals surface area contributed by atoms with Gasteiger partial charge >= 0.3 is 0 Å². The third-order valence-corrected chi connectivity index (χ3v) is 14.6. The first-order valence-corrected chi connectivity index (χ1v) is 23.0. The largest absolute Gasteiger partial charge is 0.310 e. The van der Waals surface area contributed by atoms with Crippen LogP contribution in [-0.4, -0.2) is 0 Å². The second kappa shape index (κ2) is 15.2. The lowest BCUT2D eigenvalue weighted by atomic mass is 9.62. The summed E-state index contributed by atoms with van der Waals surface area (Å²) in [6, 6.07) is 76.4. The van der Waals surface area contributed by atoms with Gasteiger partial charge in [0, 0.05) is 33.7 Å². The van der Waals surface area contributed by atoms with Gasteiger partial charge in [-0.2, -0.15) is 0 Å². The van der Waals surface area contributed by atoms with E-state index in [-0.39, 0.29) is 16.7 Å². The molecule has 0 fully saturated rings. The molecule has 310 valence electrons. The van der Waals surface area contributed by atoms with Crippen molar-refractivity contribution in [3.63, 3.8) is 0 Å². The van der Waals surface area contributed by atoms with Gasteiger partial charge in [0.05, 0.1) is 5.69 Å². The predicted octanol–water partition coefficient (Wildman–Crippen LogP) is 17.4. The Morgan fingerprint density at radius 2 is 1.08 bits per heavy atom. The summed E-state index contributed by atoms with van der Waals surface area (Å²) in [6.07, 6.45) is 11.8. The maximum Gasteiger partial charge on any atom is 0.0540 e. The van der Waals surface area contributed by atoms with Crippen LogP contribution < -0.4 is 4.90 Å². The van der Waals surface area contributed by atoms with Gasteiger partial charge in [0.1, 0.15) is 0 Å². The standard InChI is InChI=1S/C64H49N/c1-63(2)56-29-12-9-24-51(56)52-39-36-47(42-59(52)63)43-34-37-48(38-35-43)65(61-33-14-11-26-55(61)58-31-17-30-57-49-23-8-7-20-45(49)40-41-64(57,58)3)60-32-13-10-25-53(60)54-28-16-22-46-21-15-27-50(62(46)54)44-18-5-4-6-19-44/h4-42,58H,1-3H3. The van der Waals surface area contributed by atoms with Crippen molar-refractivity contribution in [2.45, 2.75) is 32.1 Å². The minimum absolute atomic E-state index is 0.0665. The van der Waals surface area contributed by atoms with Gasteiger partial charge in [0.25, 0.3) is 0 Å². The zero-order valence-corrected chi connectivity index (χ0v) is 37.0. The number of allylic oxidation sites excluding steroid dienone is 5. The Morgan fingerprint density at radius 3 is 1.89 bits per heavy atom. The van der Waals surface area contributed by atoms with E-state index in [0.29, 0.717) is 0 Å². The van der Waals surface area contributed by atoms with E-state index in [1.165, 1.54) is 88.7 Å². The fourth-order valence-electron chi connectivity index (χ4n) is 11.3. The quantitative estimate of drug-likeness (QED) is 0.155. The molecule has 0 radical (unpaired) electrons. The van der Waals surface area contributed by atoms with Crippen LogP contribution in [0.2, 0.25) is 0 Å². The van der Waals surface area contributed by atoms with Gasteiger partial charge in [-0.1, -0.05) is 227 Å². The molecule has 65 heavy (non-hydrogen) atoms. The van der Waals surface area contributed by atoms with Crippen molar-refractivity contribution >= 4 is 39.5 Å². The van der Waals surface area contributed by atoms with Gasteiger partial charge in [0.15, 0.2) is 0 Å². The van der Waals surface area contributed by atoms with Gasteiger partial charge in [-0.05, 0) is 113 Å². The number of para-hydroxylation sites is 2. The molecule has 0 bridgehead atoms. The molecule has 0 aromatic heterocycles. The van der Waals surface area contributed by atoms with E-state index >= 15 is 0 Å². The maximum absolute atomic E-state index is 2.52. The molecule has 2 unspecified atom stereocenters. The molecule has 0 spiro atoms. The third kappa shape index (κ3) is 6.21. The Balaban J connectivity index is 1.04. The van der Waals surface area contributed by atoms with Crippen LogP contribution in [0.4, 0.5) is 17.1 Å². The highest BCUT2D eigenvalue weighted by molar-refractivity contribution is 6.09. The van der Waals surface area contributed by atoms with E-state index in [9.17, 15) is 0 Å². The van der Waals surface area contributed by atoms with Crippen LogP contribution in [-0.2, 0) is 5.41 Å². The van der Waals surface area contributed by atoms with Crippen molar-refractivity contribution in [2.75, 3.05) is 4.90 Å². The highest BCUT2D eigenvalue weighted by atomic mass is 15.1. The molecule has 3 aliphatic rings. The van der Waals surface area contributed by atoms with Crippen LogP contribution in [0.5, 0.6) is 0 Å². The first kappa shape index (κ1) is 38.9. The molecule has 3 aliphatic carbocycles. The number of benzene rings is 9. The van der Waals surface area contributed by atoms with Crippen LogP contribution in [0.1, 0.15) is 54.5 Å². The minimum Gasteiger partial charge on any atom is -0.310 e. The number of fused-ring (bicyclic) bond motifs is 7. The zero-order chi connectivity index (χ0) is 43.7. The Labute approximate surface area is 383 Å². The monoisotopic (exact) mass is 831 g/mol. The Bertz CT molecular complexity index is 3410. The molecule has 0 N–H and O–H groups in total. The normalized spacial score (nSPS) is 17.5. The van der Waals surface area contributed by atoms with Crippen LogP contribution >= 0.6 is 0 Å². The van der Waals surface area contributed by atoms with Crippen molar-refractivity contribution in [1.29, 1.82) is 0 Å². The summed E-state index contributed by atoms with van der Waals surface area (Å²) < 4.78 is 0. The summed E-state index contributed by atoms with van der Waals surface area (Å²) in [5.74, 6) is 0.0818. The molecule has 12 rings (SSSR count). The SMILES string of the molecule is CC1(C)c2ccccc2-c2ccc(-c3ccc(N(c4ccccc4-c4cccc5cccc(-c6ccccc6)c45)c4ccccc4C4C=CC=C5c6ccccc6C=CC54C)cc3)cc21. The van der Waals surface area contributed by atoms with E-state index in [1.807, 2.05) is 0 Å². The molecule has 0 saturated carbocycles. The molecule has 9 aromatic rings. The Morgan fingerprint density at radius 1 is 0.446 bits per heavy atom. The van der Waals surface area contributed by atoms with Crippen LogP contribution in [0.15, 0.2) is 231 Å². The van der Waals surface area contributed by atoms with Crippen LogP contribution in [0, 0.1) is 5.41 Å². The second-order valence-electron chi connectivity index (χ2n) is 18.6. The predicted molar refractivity (Wildman–Crippen MR) is 276 cm³/mol. The summed E-state index contributed by atoms with van der Waals surface area (Å²) in [4.78, 5) is 2.52. The third-order valence-electron chi connectivity index (χ3n) is 14.6. The van der Waals surface area contributed by atoms with Crippen molar-refractivity contribution in [1.82, 2.24) is 0 Å². The second-order valence-corrected chi connectivity index (χ2v) is 18.6. The molecule has 0 saturated heterocycles.